The normalized spacial score (nSPS) is 15.8. The van der Waals surface area contributed by atoms with E-state index < -0.39 is 6.10 Å². The molecule has 1 aliphatic rings. The van der Waals surface area contributed by atoms with Crippen molar-refractivity contribution in [1.82, 2.24) is 5.32 Å². The minimum Gasteiger partial charge on any atom is -0.481 e. The number of para-hydroxylation sites is 1. The molecule has 132 valence electrons. The number of fused-ring (bicyclic) bond motifs is 1. The van der Waals surface area contributed by atoms with E-state index >= 15 is 0 Å². The second-order valence-corrected chi connectivity index (χ2v) is 6.78. The molecule has 0 aliphatic heterocycles. The Labute approximate surface area is 150 Å². The fourth-order valence-electron chi connectivity index (χ4n) is 3.44. The lowest BCUT2D eigenvalue weighted by molar-refractivity contribution is -0.128. The van der Waals surface area contributed by atoms with E-state index in [9.17, 15) is 4.79 Å². The topological polar surface area (TPSA) is 38.3 Å². The van der Waals surface area contributed by atoms with Crippen LogP contribution in [0.2, 0.25) is 0 Å². The molecule has 0 heterocycles. The van der Waals surface area contributed by atoms with E-state index in [-0.39, 0.29) is 11.9 Å². The molecule has 0 bridgehead atoms. The summed E-state index contributed by atoms with van der Waals surface area (Å²) in [6, 6.07) is 16.2. The van der Waals surface area contributed by atoms with Gasteiger partial charge in [-0.1, -0.05) is 43.3 Å². The largest absolute Gasteiger partial charge is 0.481 e. The first-order valence-corrected chi connectivity index (χ1v) is 9.31. The lowest BCUT2D eigenvalue weighted by atomic mass is 9.89. The zero-order valence-electron chi connectivity index (χ0n) is 15.1. The third-order valence-electron chi connectivity index (χ3n) is 4.92. The van der Waals surface area contributed by atoms with Crippen LogP contribution in [0, 0.1) is 0 Å². The predicted molar refractivity (Wildman–Crippen MR) is 101 cm³/mol. The van der Waals surface area contributed by atoms with Crippen molar-refractivity contribution in [3.8, 4) is 5.75 Å². The summed E-state index contributed by atoms with van der Waals surface area (Å²) in [7, 11) is 0. The Hall–Kier alpha value is -2.29. The van der Waals surface area contributed by atoms with Crippen LogP contribution >= 0.6 is 0 Å². The quantitative estimate of drug-likeness (QED) is 0.836. The smallest absolute Gasteiger partial charge is 0.261 e. The number of ether oxygens (including phenoxy) is 1. The maximum atomic E-state index is 12.5. The highest BCUT2D eigenvalue weighted by Gasteiger charge is 2.20. The van der Waals surface area contributed by atoms with Crippen LogP contribution in [0.25, 0.3) is 0 Å². The Morgan fingerprint density at radius 3 is 2.52 bits per heavy atom. The number of carbonyl (C=O) groups is 1. The minimum absolute atomic E-state index is 0.0292. The zero-order valence-corrected chi connectivity index (χ0v) is 15.1. The van der Waals surface area contributed by atoms with Crippen LogP contribution in [0.3, 0.4) is 0 Å². The SMILES string of the molecule is CC[C@@H](NC(=O)[C@@H](C)Oc1ccccc1)c1ccc2c(c1)CCCC2. The molecule has 2 atom stereocenters. The van der Waals surface area contributed by atoms with Crippen molar-refractivity contribution in [3.63, 3.8) is 0 Å². The molecule has 3 rings (SSSR count). The second kappa shape index (κ2) is 8.19. The third kappa shape index (κ3) is 4.41. The average Bonchev–Trinajstić information content (AvgIpc) is 2.66. The van der Waals surface area contributed by atoms with E-state index in [1.165, 1.54) is 36.0 Å². The van der Waals surface area contributed by atoms with Crippen LogP contribution in [-0.4, -0.2) is 12.0 Å². The molecule has 2 aromatic carbocycles. The molecule has 25 heavy (non-hydrogen) atoms. The molecule has 1 N–H and O–H groups in total. The van der Waals surface area contributed by atoms with Gasteiger partial charge in [-0.2, -0.15) is 0 Å². The molecule has 0 fully saturated rings. The van der Waals surface area contributed by atoms with E-state index in [0.717, 1.165) is 12.8 Å². The molecule has 0 saturated heterocycles. The number of aryl methyl sites for hydroxylation is 2. The summed E-state index contributed by atoms with van der Waals surface area (Å²) in [5.41, 5.74) is 4.12. The van der Waals surface area contributed by atoms with E-state index in [1.54, 1.807) is 6.92 Å². The van der Waals surface area contributed by atoms with Crippen LogP contribution in [-0.2, 0) is 17.6 Å². The molecule has 1 aliphatic carbocycles. The van der Waals surface area contributed by atoms with Crippen LogP contribution in [0.5, 0.6) is 5.75 Å². The first-order chi connectivity index (χ1) is 12.2. The number of hydrogen-bond donors (Lipinski definition) is 1. The van der Waals surface area contributed by atoms with Gasteiger partial charge in [-0.3, -0.25) is 4.79 Å². The molecule has 3 nitrogen and oxygen atoms in total. The summed E-state index contributed by atoms with van der Waals surface area (Å²) in [6.07, 6.45) is 5.23. The number of benzene rings is 2. The Kier molecular flexibility index (Phi) is 5.75. The molecule has 0 unspecified atom stereocenters. The van der Waals surface area contributed by atoms with Crippen LogP contribution in [0.1, 0.15) is 55.8 Å². The number of hydrogen-bond acceptors (Lipinski definition) is 2. The maximum absolute atomic E-state index is 12.5. The van der Waals surface area contributed by atoms with Crippen molar-refractivity contribution in [3.05, 3.63) is 65.2 Å². The number of rotatable bonds is 6. The van der Waals surface area contributed by atoms with Gasteiger partial charge < -0.3 is 10.1 Å². The highest BCUT2D eigenvalue weighted by atomic mass is 16.5. The molecule has 3 heteroatoms. The van der Waals surface area contributed by atoms with Gasteiger partial charge >= 0.3 is 0 Å². The van der Waals surface area contributed by atoms with E-state index in [4.69, 9.17) is 4.74 Å². The van der Waals surface area contributed by atoms with Gasteiger partial charge in [-0.15, -0.1) is 0 Å². The summed E-state index contributed by atoms with van der Waals surface area (Å²) in [5.74, 6) is 0.639. The maximum Gasteiger partial charge on any atom is 0.261 e. The van der Waals surface area contributed by atoms with Gasteiger partial charge in [0.25, 0.3) is 5.91 Å². The first kappa shape index (κ1) is 17.5. The number of amides is 1. The van der Waals surface area contributed by atoms with Crippen molar-refractivity contribution in [2.45, 2.75) is 58.1 Å². The Morgan fingerprint density at radius 1 is 1.08 bits per heavy atom. The van der Waals surface area contributed by atoms with Gasteiger partial charge in [0.15, 0.2) is 6.10 Å². The van der Waals surface area contributed by atoms with Crippen LogP contribution < -0.4 is 10.1 Å². The van der Waals surface area contributed by atoms with E-state index in [0.29, 0.717) is 5.75 Å². The molecular formula is C22H27NO2. The predicted octanol–water partition coefficient (Wildman–Crippen LogP) is 4.60. The van der Waals surface area contributed by atoms with Gasteiger partial charge in [0.05, 0.1) is 6.04 Å². The average molecular weight is 337 g/mol. The van der Waals surface area contributed by atoms with E-state index in [2.05, 4.69) is 30.4 Å². The van der Waals surface area contributed by atoms with Gasteiger partial charge in [-0.05, 0) is 67.9 Å². The Morgan fingerprint density at radius 2 is 1.80 bits per heavy atom. The summed E-state index contributed by atoms with van der Waals surface area (Å²) in [4.78, 5) is 12.5. The summed E-state index contributed by atoms with van der Waals surface area (Å²) >= 11 is 0. The molecule has 1 amide bonds. The fourth-order valence-corrected chi connectivity index (χ4v) is 3.44. The first-order valence-electron chi connectivity index (χ1n) is 9.31. The monoisotopic (exact) mass is 337 g/mol. The highest BCUT2D eigenvalue weighted by Crippen LogP contribution is 2.26. The summed E-state index contributed by atoms with van der Waals surface area (Å²) < 4.78 is 5.74. The Balaban J connectivity index is 1.66. The van der Waals surface area contributed by atoms with Gasteiger partial charge in [0.1, 0.15) is 5.75 Å². The molecule has 2 aromatic rings. The third-order valence-corrected chi connectivity index (χ3v) is 4.92. The minimum atomic E-state index is -0.519. The van der Waals surface area contributed by atoms with Crippen molar-refractivity contribution in [2.24, 2.45) is 0 Å². The van der Waals surface area contributed by atoms with Gasteiger partial charge in [-0.25, -0.2) is 0 Å². The Bertz CT molecular complexity index is 711. The molecule has 0 saturated carbocycles. The molecule has 0 spiro atoms. The second-order valence-electron chi connectivity index (χ2n) is 6.78. The van der Waals surface area contributed by atoms with Crippen LogP contribution in [0.15, 0.2) is 48.5 Å². The standard InChI is InChI=1S/C22H27NO2/c1-3-21(19-14-13-17-9-7-8-10-18(17)15-19)23-22(24)16(2)25-20-11-5-4-6-12-20/h4-6,11-16,21H,3,7-10H2,1-2H3,(H,23,24)/t16-,21-/m1/s1. The van der Waals surface area contributed by atoms with Gasteiger partial charge in [0.2, 0.25) is 0 Å². The molecular weight excluding hydrogens is 310 g/mol. The lowest BCUT2D eigenvalue weighted by Gasteiger charge is -2.23. The zero-order chi connectivity index (χ0) is 17.6. The summed E-state index contributed by atoms with van der Waals surface area (Å²) in [6.45, 7) is 3.90. The van der Waals surface area contributed by atoms with Gasteiger partial charge in [0, 0.05) is 0 Å². The van der Waals surface area contributed by atoms with Crippen LogP contribution in [0.4, 0.5) is 0 Å². The van der Waals surface area contributed by atoms with Crippen molar-refractivity contribution >= 4 is 5.91 Å². The fraction of sp³-hybridized carbons (Fsp3) is 0.409. The number of carbonyl (C=O) groups excluding carboxylic acids is 1. The van der Waals surface area contributed by atoms with Crippen molar-refractivity contribution in [2.75, 3.05) is 0 Å². The summed E-state index contributed by atoms with van der Waals surface area (Å²) in [5, 5.41) is 3.15. The van der Waals surface area contributed by atoms with E-state index in [1.807, 2.05) is 30.3 Å². The molecule has 0 aromatic heterocycles. The molecule has 0 radical (unpaired) electrons. The van der Waals surface area contributed by atoms with Crippen molar-refractivity contribution < 1.29 is 9.53 Å². The highest BCUT2D eigenvalue weighted by molar-refractivity contribution is 5.81. The number of nitrogens with one attached hydrogen (secondary N) is 1. The van der Waals surface area contributed by atoms with Crippen molar-refractivity contribution in [1.29, 1.82) is 0 Å². The lowest BCUT2D eigenvalue weighted by Crippen LogP contribution is -2.38.